The highest BCUT2D eigenvalue weighted by molar-refractivity contribution is 7.88. The number of carbonyl (C=O) groups is 1. The zero-order valence-corrected chi connectivity index (χ0v) is 15.9. The number of rotatable bonds is 8. The van der Waals surface area contributed by atoms with Gasteiger partial charge in [-0.1, -0.05) is 24.3 Å². The molecule has 0 aliphatic rings. The topological polar surface area (TPSA) is 108 Å². The van der Waals surface area contributed by atoms with E-state index in [0.717, 1.165) is 11.8 Å². The maximum absolute atomic E-state index is 12.4. The second-order valence-corrected chi connectivity index (χ2v) is 7.78. The van der Waals surface area contributed by atoms with E-state index in [2.05, 4.69) is 16.1 Å². The van der Waals surface area contributed by atoms with Crippen LogP contribution in [-0.4, -0.2) is 27.7 Å². The van der Waals surface area contributed by atoms with E-state index in [1.165, 1.54) is 7.11 Å². The van der Waals surface area contributed by atoms with Crippen molar-refractivity contribution >= 4 is 21.6 Å². The standard InChI is InChI=1S/C19H21N3O4S/c1-26-17-9-5-15(6-10-17)18(22-27(2,24)25)13-19(23)21-16-7-3-14(4-8-16)11-12-20/h3-10,18,22H,11,13H2,1-2H3,(H,21,23). The van der Waals surface area contributed by atoms with Crippen LogP contribution in [0, 0.1) is 11.3 Å². The fourth-order valence-corrected chi connectivity index (χ4v) is 3.25. The summed E-state index contributed by atoms with van der Waals surface area (Å²) in [5.41, 5.74) is 2.08. The third-order valence-electron chi connectivity index (χ3n) is 3.78. The molecule has 8 heteroatoms. The second kappa shape index (κ2) is 9.16. The molecule has 0 spiro atoms. The third kappa shape index (κ3) is 6.73. The molecule has 0 saturated carbocycles. The van der Waals surface area contributed by atoms with Crippen LogP contribution in [0.4, 0.5) is 5.69 Å². The van der Waals surface area contributed by atoms with E-state index < -0.39 is 16.1 Å². The lowest BCUT2D eigenvalue weighted by atomic mass is 10.0. The lowest BCUT2D eigenvalue weighted by molar-refractivity contribution is -0.116. The molecule has 2 aromatic carbocycles. The third-order valence-corrected chi connectivity index (χ3v) is 4.50. The minimum Gasteiger partial charge on any atom is -0.497 e. The number of amides is 1. The van der Waals surface area contributed by atoms with E-state index in [9.17, 15) is 13.2 Å². The van der Waals surface area contributed by atoms with Crippen LogP contribution in [0.2, 0.25) is 0 Å². The Labute approximate surface area is 159 Å². The van der Waals surface area contributed by atoms with Crippen LogP contribution in [-0.2, 0) is 21.2 Å². The molecule has 0 saturated heterocycles. The molecule has 0 heterocycles. The van der Waals surface area contributed by atoms with Gasteiger partial charge in [-0.25, -0.2) is 13.1 Å². The molecule has 0 aromatic heterocycles. The van der Waals surface area contributed by atoms with Crippen LogP contribution in [0.3, 0.4) is 0 Å². The molecule has 7 nitrogen and oxygen atoms in total. The predicted molar refractivity (Wildman–Crippen MR) is 103 cm³/mol. The average Bonchev–Trinajstić information content (AvgIpc) is 2.62. The van der Waals surface area contributed by atoms with Gasteiger partial charge < -0.3 is 10.1 Å². The molecule has 2 rings (SSSR count). The van der Waals surface area contributed by atoms with Crippen molar-refractivity contribution < 1.29 is 17.9 Å². The van der Waals surface area contributed by atoms with Gasteiger partial charge in [0, 0.05) is 12.1 Å². The number of nitriles is 1. The Kier molecular flexibility index (Phi) is 6.93. The van der Waals surface area contributed by atoms with Crippen LogP contribution in [0.1, 0.15) is 23.6 Å². The Hall–Kier alpha value is -2.89. The van der Waals surface area contributed by atoms with Gasteiger partial charge in [-0.05, 0) is 35.4 Å². The summed E-state index contributed by atoms with van der Waals surface area (Å²) in [5.74, 6) is 0.304. The van der Waals surface area contributed by atoms with E-state index in [1.54, 1.807) is 48.5 Å². The molecule has 1 amide bonds. The lowest BCUT2D eigenvalue weighted by Gasteiger charge is -2.18. The largest absolute Gasteiger partial charge is 0.497 e. The summed E-state index contributed by atoms with van der Waals surface area (Å²) in [4.78, 5) is 12.4. The van der Waals surface area contributed by atoms with Crippen molar-refractivity contribution in [3.8, 4) is 11.8 Å². The number of methoxy groups -OCH3 is 1. The summed E-state index contributed by atoms with van der Waals surface area (Å²) >= 11 is 0. The average molecular weight is 387 g/mol. The minimum atomic E-state index is -3.51. The summed E-state index contributed by atoms with van der Waals surface area (Å²) in [6.07, 6.45) is 1.28. The van der Waals surface area contributed by atoms with E-state index >= 15 is 0 Å². The van der Waals surface area contributed by atoms with E-state index in [1.807, 2.05) is 0 Å². The van der Waals surface area contributed by atoms with E-state index in [-0.39, 0.29) is 12.3 Å². The van der Waals surface area contributed by atoms with Gasteiger partial charge in [-0.2, -0.15) is 5.26 Å². The van der Waals surface area contributed by atoms with Gasteiger partial charge in [0.15, 0.2) is 0 Å². The summed E-state index contributed by atoms with van der Waals surface area (Å²) < 4.78 is 31.0. The van der Waals surface area contributed by atoms with Crippen molar-refractivity contribution in [3.63, 3.8) is 0 Å². The first kappa shape index (κ1) is 20.4. The molecule has 0 radical (unpaired) electrons. The molecule has 1 atom stereocenters. The van der Waals surface area contributed by atoms with Crippen molar-refractivity contribution in [2.24, 2.45) is 0 Å². The fraction of sp³-hybridized carbons (Fsp3) is 0.263. The van der Waals surface area contributed by atoms with Gasteiger partial charge in [0.05, 0.1) is 31.9 Å². The number of nitrogens with one attached hydrogen (secondary N) is 2. The number of hydrogen-bond acceptors (Lipinski definition) is 5. The number of nitrogens with zero attached hydrogens (tertiary/aromatic N) is 1. The lowest BCUT2D eigenvalue weighted by Crippen LogP contribution is -2.30. The van der Waals surface area contributed by atoms with Crippen molar-refractivity contribution in [2.45, 2.75) is 18.9 Å². The molecule has 1 unspecified atom stereocenters. The van der Waals surface area contributed by atoms with Crippen molar-refractivity contribution in [1.29, 1.82) is 5.26 Å². The zero-order chi connectivity index (χ0) is 19.9. The highest BCUT2D eigenvalue weighted by Gasteiger charge is 2.20. The van der Waals surface area contributed by atoms with Crippen LogP contribution < -0.4 is 14.8 Å². The molecule has 0 aliphatic heterocycles. The first-order valence-electron chi connectivity index (χ1n) is 8.17. The van der Waals surface area contributed by atoms with Crippen LogP contribution >= 0.6 is 0 Å². The zero-order valence-electron chi connectivity index (χ0n) is 15.1. The normalized spacial score (nSPS) is 12.0. The van der Waals surface area contributed by atoms with Crippen LogP contribution in [0.5, 0.6) is 5.75 Å². The minimum absolute atomic E-state index is 0.0701. The summed E-state index contributed by atoms with van der Waals surface area (Å²) in [6.45, 7) is 0. The Morgan fingerprint density at radius 2 is 1.78 bits per heavy atom. The number of hydrogen-bond donors (Lipinski definition) is 2. The monoisotopic (exact) mass is 387 g/mol. The Balaban J connectivity index is 2.11. The number of anilines is 1. The van der Waals surface area contributed by atoms with Crippen LogP contribution in [0.15, 0.2) is 48.5 Å². The highest BCUT2D eigenvalue weighted by atomic mass is 32.2. The molecule has 0 fully saturated rings. The van der Waals surface area contributed by atoms with Crippen molar-refractivity contribution in [2.75, 3.05) is 18.7 Å². The molecule has 27 heavy (non-hydrogen) atoms. The van der Waals surface area contributed by atoms with Gasteiger partial charge >= 0.3 is 0 Å². The Morgan fingerprint density at radius 1 is 1.15 bits per heavy atom. The molecule has 2 aromatic rings. The SMILES string of the molecule is COc1ccc(C(CC(=O)Nc2ccc(CC#N)cc2)NS(C)(=O)=O)cc1. The summed E-state index contributed by atoms with van der Waals surface area (Å²) in [5, 5.41) is 11.4. The number of ether oxygens (including phenoxy) is 1. The first-order chi connectivity index (χ1) is 12.8. The van der Waals surface area contributed by atoms with Crippen LogP contribution in [0.25, 0.3) is 0 Å². The summed E-state index contributed by atoms with van der Waals surface area (Å²) in [7, 11) is -1.97. The maximum Gasteiger partial charge on any atom is 0.226 e. The summed E-state index contributed by atoms with van der Waals surface area (Å²) in [6, 6.07) is 15.1. The molecule has 0 bridgehead atoms. The van der Waals surface area contributed by atoms with Crippen molar-refractivity contribution in [3.05, 3.63) is 59.7 Å². The Morgan fingerprint density at radius 3 is 2.30 bits per heavy atom. The molecular formula is C19H21N3O4S. The first-order valence-corrected chi connectivity index (χ1v) is 10.1. The Bertz CT molecular complexity index is 917. The quantitative estimate of drug-likeness (QED) is 0.723. The second-order valence-electron chi connectivity index (χ2n) is 6.00. The van der Waals surface area contributed by atoms with E-state index in [4.69, 9.17) is 10.00 Å². The molecular weight excluding hydrogens is 366 g/mol. The number of carbonyl (C=O) groups excluding carboxylic acids is 1. The van der Waals surface area contributed by atoms with Gasteiger partial charge in [-0.3, -0.25) is 4.79 Å². The number of benzene rings is 2. The van der Waals surface area contributed by atoms with Gasteiger partial charge in [0.2, 0.25) is 15.9 Å². The van der Waals surface area contributed by atoms with Gasteiger partial charge in [-0.15, -0.1) is 0 Å². The van der Waals surface area contributed by atoms with Gasteiger partial charge in [0.1, 0.15) is 5.75 Å². The fourth-order valence-electron chi connectivity index (χ4n) is 2.52. The van der Waals surface area contributed by atoms with Crippen molar-refractivity contribution in [1.82, 2.24) is 4.72 Å². The molecule has 2 N–H and O–H groups in total. The van der Waals surface area contributed by atoms with E-state index in [0.29, 0.717) is 23.4 Å². The van der Waals surface area contributed by atoms with Gasteiger partial charge in [0.25, 0.3) is 0 Å². The molecule has 0 aliphatic carbocycles. The highest BCUT2D eigenvalue weighted by Crippen LogP contribution is 2.22. The smallest absolute Gasteiger partial charge is 0.226 e. The molecule has 142 valence electrons. The predicted octanol–water partition coefficient (Wildman–Crippen LogP) is 2.38. The maximum atomic E-state index is 12.4. The number of sulfonamides is 1.